The maximum absolute atomic E-state index is 0. The van der Waals surface area contributed by atoms with Gasteiger partial charge >= 0.3 is 37.7 Å². The second-order valence-corrected chi connectivity index (χ2v) is 0. The molecule has 0 spiro atoms. The van der Waals surface area contributed by atoms with Crippen molar-refractivity contribution in [3.8, 4) is 0 Å². The van der Waals surface area contributed by atoms with Crippen molar-refractivity contribution >= 4 is 55.1 Å². The Hall–Kier alpha value is 2.61. The molecule has 0 bridgehead atoms. The van der Waals surface area contributed by atoms with Gasteiger partial charge in [-0.15, -0.1) is 0 Å². The Bertz CT molecular complexity index is 8.00. The maximum atomic E-state index is 0. The van der Waals surface area contributed by atoms with E-state index in [1.807, 2.05) is 0 Å². The van der Waals surface area contributed by atoms with Crippen LogP contribution < -0.4 is 0 Å². The van der Waals surface area contributed by atoms with Crippen molar-refractivity contribution in [2.45, 2.75) is 0 Å². The molecule has 1 radical (unpaired) electrons. The summed E-state index contributed by atoms with van der Waals surface area (Å²) in [5, 5.41) is 0. The normalized spacial score (nSPS) is 0. The summed E-state index contributed by atoms with van der Waals surface area (Å²) in [5.41, 5.74) is 0. The molecule has 0 aliphatic rings. The summed E-state index contributed by atoms with van der Waals surface area (Å²) in [6.07, 6.45) is 0. The second-order valence-electron chi connectivity index (χ2n) is 0. The molecule has 4 heavy (non-hydrogen) atoms. The maximum Gasteiger partial charge on any atom is 0 e. The van der Waals surface area contributed by atoms with Gasteiger partial charge in [-0.2, -0.15) is 0 Å². The molecule has 0 amide bonds. The Morgan fingerprint density at radius 3 is 1.00 bits per heavy atom. The summed E-state index contributed by atoms with van der Waals surface area (Å²) in [6.45, 7) is 0. The monoisotopic (exact) mass is 181 g/mol. The summed E-state index contributed by atoms with van der Waals surface area (Å²) >= 11 is 0. The van der Waals surface area contributed by atoms with Crippen LogP contribution in [0, 0.1) is 0 Å². The van der Waals surface area contributed by atoms with Crippen molar-refractivity contribution in [3.05, 3.63) is 0 Å². The van der Waals surface area contributed by atoms with E-state index in [1.165, 1.54) is 0 Å². The molecule has 0 N–H and O–H groups in total. The van der Waals surface area contributed by atoms with Gasteiger partial charge < -0.3 is 0 Å². The van der Waals surface area contributed by atoms with E-state index in [-0.39, 0.29) is 86.0 Å². The fraction of sp³-hybridized carbons (Fsp3) is 0. The molecule has 0 rings (SSSR count). The van der Waals surface area contributed by atoms with Crippen LogP contribution in [0.3, 0.4) is 0 Å². The molecule has 0 unspecified atom stereocenters. The van der Waals surface area contributed by atoms with Crippen LogP contribution in [0.4, 0.5) is 4.70 Å². The number of rotatable bonds is 0. The van der Waals surface area contributed by atoms with Gasteiger partial charge in [-0.25, -0.2) is 0 Å². The molecule has 21 valence electrons. The molecule has 0 aliphatic carbocycles. The van der Waals surface area contributed by atoms with Gasteiger partial charge in [0.15, 0.2) is 17.4 Å². The molecule has 0 nitrogen and oxygen atoms in total. The van der Waals surface area contributed by atoms with Gasteiger partial charge in [-0.05, 0) is 0 Å². The third kappa shape index (κ3) is 8.82. The van der Waals surface area contributed by atoms with Crippen molar-refractivity contribution in [3.63, 3.8) is 0 Å². The Morgan fingerprint density at radius 2 is 1.00 bits per heavy atom. The summed E-state index contributed by atoms with van der Waals surface area (Å²) in [7, 11) is 0. The van der Waals surface area contributed by atoms with Crippen LogP contribution in [-0.2, 0) is 26.2 Å². The van der Waals surface area contributed by atoms with E-state index < -0.39 is 0 Å². The van der Waals surface area contributed by atoms with E-state index >= 15 is 0 Å². The van der Waals surface area contributed by atoms with Crippen molar-refractivity contribution in [1.82, 2.24) is 0 Å². The molecule has 0 saturated heterocycles. The number of hydrogen-bond acceptors (Lipinski definition) is 0. The Labute approximate surface area is 84.3 Å². The fourth-order valence-electron chi connectivity index (χ4n) is 0. The van der Waals surface area contributed by atoms with Crippen molar-refractivity contribution in [1.29, 1.82) is 0 Å². The standard InChI is InChI=1S/Al.Ca.F.Zr.5H. The molecule has 0 atom stereocenters. The molecule has 0 heterocycles. The largest absolute Gasteiger partial charge is 0 e. The Kier molecular flexibility index (Phi) is 134. The zero-order valence-corrected chi connectivity index (χ0v) is 3.34. The average Bonchev–Trinajstić information content (AvgIpc) is 0. The summed E-state index contributed by atoms with van der Waals surface area (Å²) < 4.78 is 0. The molecule has 0 aromatic carbocycles. The minimum Gasteiger partial charge on any atom is 0 e. The first-order valence-electron chi connectivity index (χ1n) is 0. The van der Waals surface area contributed by atoms with Gasteiger partial charge in [0.2, 0.25) is 0 Å². The third-order valence-electron chi connectivity index (χ3n) is 0. The van der Waals surface area contributed by atoms with Crippen LogP contribution in [0.15, 0.2) is 0 Å². The van der Waals surface area contributed by atoms with Gasteiger partial charge in [0.05, 0.1) is 0 Å². The van der Waals surface area contributed by atoms with Crippen molar-refractivity contribution in [2.75, 3.05) is 0 Å². The van der Waals surface area contributed by atoms with Crippen LogP contribution in [0.2, 0.25) is 0 Å². The molecular weight excluding hydrogens is 177 g/mol. The van der Waals surface area contributed by atoms with E-state index in [2.05, 4.69) is 0 Å². The van der Waals surface area contributed by atoms with E-state index in [0.29, 0.717) is 0 Å². The van der Waals surface area contributed by atoms with Gasteiger partial charge in [0.25, 0.3) is 0 Å². The fourth-order valence-corrected chi connectivity index (χ4v) is 0. The van der Waals surface area contributed by atoms with E-state index in [9.17, 15) is 0 Å². The minimum absolute atomic E-state index is 0. The Balaban J connectivity index is 0. The molecule has 0 aromatic heterocycles. The third-order valence-corrected chi connectivity index (χ3v) is 0. The van der Waals surface area contributed by atoms with E-state index in [0.717, 1.165) is 0 Å². The number of halogens is 1. The topological polar surface area (TPSA) is 0 Å². The van der Waals surface area contributed by atoms with Gasteiger partial charge in [-0.1, -0.05) is 0 Å². The smallest absolute Gasteiger partial charge is 0 e. The van der Waals surface area contributed by atoms with E-state index in [1.54, 1.807) is 0 Å². The first kappa shape index (κ1) is 30.6. The molecule has 0 aliphatic heterocycles. The van der Waals surface area contributed by atoms with Gasteiger partial charge in [0.1, 0.15) is 0 Å². The summed E-state index contributed by atoms with van der Waals surface area (Å²) in [4.78, 5) is 0. The average molecular weight is 182 g/mol. The first-order chi connectivity index (χ1) is 0. The van der Waals surface area contributed by atoms with Crippen LogP contribution in [0.1, 0.15) is 0 Å². The van der Waals surface area contributed by atoms with E-state index in [4.69, 9.17) is 0 Å². The minimum atomic E-state index is 0. The van der Waals surface area contributed by atoms with Crippen LogP contribution >= 0.6 is 0 Å². The zero-order chi connectivity index (χ0) is 0. The molecule has 0 saturated carbocycles. The first-order valence-corrected chi connectivity index (χ1v) is 0. The summed E-state index contributed by atoms with van der Waals surface area (Å²) in [6, 6.07) is 0. The predicted molar refractivity (Wildman–Crippen MR) is 19.6 cm³/mol. The SMILES string of the molecule is [AlH3].[CaH2].[F].[Zr]. The molecule has 0 fully saturated rings. The number of hydrogen-bond donors (Lipinski definition) is 0. The quantitative estimate of drug-likeness (QED) is 0.393. The zero-order valence-electron chi connectivity index (χ0n) is 0.878. The van der Waals surface area contributed by atoms with Gasteiger partial charge in [-0.3, -0.25) is 0 Å². The van der Waals surface area contributed by atoms with Crippen LogP contribution in [0.25, 0.3) is 0 Å². The molecular formula is H5AlCaFZr. The van der Waals surface area contributed by atoms with Crippen molar-refractivity contribution < 1.29 is 30.9 Å². The second kappa shape index (κ2) is 17.5. The predicted octanol–water partition coefficient (Wildman–Crippen LogP) is -1.68. The van der Waals surface area contributed by atoms with Crippen LogP contribution in [-0.4, -0.2) is 55.1 Å². The summed E-state index contributed by atoms with van der Waals surface area (Å²) in [5.74, 6) is 0. The van der Waals surface area contributed by atoms with Crippen LogP contribution in [0.5, 0.6) is 0 Å². The van der Waals surface area contributed by atoms with Crippen molar-refractivity contribution in [2.24, 2.45) is 0 Å². The molecule has 4 heteroatoms. The van der Waals surface area contributed by atoms with Gasteiger partial charge in [0, 0.05) is 30.9 Å². The molecule has 0 aromatic rings. The Morgan fingerprint density at radius 1 is 1.00 bits per heavy atom.